The van der Waals surface area contributed by atoms with Crippen molar-refractivity contribution in [3.8, 4) is 0 Å². The third kappa shape index (κ3) is 8.64. The summed E-state index contributed by atoms with van der Waals surface area (Å²) in [5.74, 6) is -2.81. The van der Waals surface area contributed by atoms with Crippen molar-refractivity contribution in [2.45, 2.75) is 12.5 Å². The molecule has 0 saturated carbocycles. The minimum atomic E-state index is -4.71. The summed E-state index contributed by atoms with van der Waals surface area (Å²) in [6.45, 7) is 0. The van der Waals surface area contributed by atoms with Crippen LogP contribution in [0, 0.1) is 0 Å². The number of carboxylic acid groups (broad SMARTS) is 1. The van der Waals surface area contributed by atoms with Crippen LogP contribution < -0.4 is 45.5 Å². The van der Waals surface area contributed by atoms with E-state index in [4.69, 9.17) is 9.79 Å². The number of aliphatic carboxylic acids is 1. The van der Waals surface area contributed by atoms with Crippen molar-refractivity contribution in [2.24, 2.45) is 5.73 Å². The molecule has 5 N–H and O–H groups in total. The van der Waals surface area contributed by atoms with Crippen LogP contribution in [-0.2, 0) is 14.2 Å². The minimum Gasteiger partial charge on any atom is -0.548 e. The number of carbonyl (C=O) groups is 2. The smallest absolute Gasteiger partial charge is 0.548 e. The molecule has 10 heteroatoms. The van der Waals surface area contributed by atoms with E-state index in [0.717, 1.165) is 0 Å². The second-order valence-electron chi connectivity index (χ2n) is 2.22. The van der Waals surface area contributed by atoms with Gasteiger partial charge in [-0.1, -0.05) is 0 Å². The molecular formula is C4H8N2NaO6P. The summed E-state index contributed by atoms with van der Waals surface area (Å²) in [4.78, 5) is 37.0. The molecule has 0 saturated heterocycles. The number of hydrogen-bond donors (Lipinski definition) is 4. The summed E-state index contributed by atoms with van der Waals surface area (Å²) in [7, 11) is -4.71. The molecule has 0 rings (SSSR count). The van der Waals surface area contributed by atoms with Gasteiger partial charge in [0.15, 0.2) is 0 Å². The van der Waals surface area contributed by atoms with Gasteiger partial charge in [0.2, 0.25) is 5.91 Å². The average molecular weight is 234 g/mol. The zero-order chi connectivity index (χ0) is 10.6. The van der Waals surface area contributed by atoms with Crippen molar-refractivity contribution >= 4 is 19.6 Å². The first kappa shape index (κ1) is 16.5. The molecule has 0 aliphatic rings. The van der Waals surface area contributed by atoms with Crippen molar-refractivity contribution in [1.82, 2.24) is 5.09 Å². The number of primary amides is 1. The van der Waals surface area contributed by atoms with E-state index < -0.39 is 32.1 Å². The van der Waals surface area contributed by atoms with E-state index in [0.29, 0.717) is 0 Å². The Kier molecular flexibility index (Phi) is 7.67. The van der Waals surface area contributed by atoms with Gasteiger partial charge >= 0.3 is 37.3 Å². The predicted molar refractivity (Wildman–Crippen MR) is 37.8 cm³/mol. The third-order valence-electron chi connectivity index (χ3n) is 1.01. The quantitative estimate of drug-likeness (QED) is 0.272. The molecule has 0 radical (unpaired) electrons. The maximum atomic E-state index is 10.3. The fourth-order valence-electron chi connectivity index (χ4n) is 0.586. The van der Waals surface area contributed by atoms with Gasteiger partial charge in [0.05, 0.1) is 12.0 Å². The molecule has 0 aromatic carbocycles. The van der Waals surface area contributed by atoms with Crippen LogP contribution in [-0.4, -0.2) is 27.7 Å². The topological polar surface area (TPSA) is 153 Å². The van der Waals surface area contributed by atoms with E-state index in [2.05, 4.69) is 5.73 Å². The van der Waals surface area contributed by atoms with Gasteiger partial charge in [0.25, 0.3) is 0 Å². The monoisotopic (exact) mass is 234 g/mol. The van der Waals surface area contributed by atoms with Crippen molar-refractivity contribution in [1.29, 1.82) is 0 Å². The first-order valence-electron chi connectivity index (χ1n) is 3.05. The average Bonchev–Trinajstić information content (AvgIpc) is 1.81. The van der Waals surface area contributed by atoms with Crippen molar-refractivity contribution in [2.75, 3.05) is 0 Å². The van der Waals surface area contributed by atoms with Crippen molar-refractivity contribution < 1.29 is 58.6 Å². The number of carbonyl (C=O) groups excluding carboxylic acids is 2. The van der Waals surface area contributed by atoms with E-state index in [1.54, 1.807) is 0 Å². The Bertz CT molecular complexity index is 265. The maximum absolute atomic E-state index is 10.3. The van der Waals surface area contributed by atoms with Crippen molar-refractivity contribution in [3.05, 3.63) is 0 Å². The van der Waals surface area contributed by atoms with E-state index >= 15 is 0 Å². The van der Waals surface area contributed by atoms with Gasteiger partial charge in [0, 0.05) is 6.42 Å². The molecule has 76 valence electrons. The van der Waals surface area contributed by atoms with Gasteiger partial charge in [0.1, 0.15) is 0 Å². The predicted octanol–water partition coefficient (Wildman–Crippen LogP) is -6.33. The summed E-state index contributed by atoms with van der Waals surface area (Å²) >= 11 is 0. The molecule has 0 heterocycles. The zero-order valence-corrected chi connectivity index (χ0v) is 10.2. The molecule has 0 aliphatic carbocycles. The van der Waals surface area contributed by atoms with Crippen LogP contribution >= 0.6 is 7.75 Å². The zero-order valence-electron chi connectivity index (χ0n) is 7.34. The van der Waals surface area contributed by atoms with E-state index in [1.165, 1.54) is 5.09 Å². The summed E-state index contributed by atoms with van der Waals surface area (Å²) in [5, 5.41) is 11.6. The Morgan fingerprint density at radius 1 is 1.50 bits per heavy atom. The Morgan fingerprint density at radius 3 is 2.14 bits per heavy atom. The van der Waals surface area contributed by atoms with Crippen molar-refractivity contribution in [3.63, 3.8) is 0 Å². The fraction of sp³-hybridized carbons (Fsp3) is 0.500. The maximum Gasteiger partial charge on any atom is 1.00 e. The van der Waals surface area contributed by atoms with Crippen LogP contribution in [0.3, 0.4) is 0 Å². The SMILES string of the molecule is NC(=O)C[C@H](NP(=O)(O)O)C(=O)[O-].[Na+]. The van der Waals surface area contributed by atoms with E-state index in [9.17, 15) is 19.3 Å². The molecule has 14 heavy (non-hydrogen) atoms. The fourth-order valence-corrected chi connectivity index (χ4v) is 1.19. The van der Waals surface area contributed by atoms with Crippen LogP contribution in [0.1, 0.15) is 6.42 Å². The number of rotatable bonds is 5. The molecule has 1 atom stereocenters. The Hall–Kier alpha value is 0.0500. The molecule has 0 aromatic heterocycles. The Balaban J connectivity index is 0. The number of nitrogens with two attached hydrogens (primary N) is 1. The van der Waals surface area contributed by atoms with Crippen LogP contribution in [0.4, 0.5) is 0 Å². The summed E-state index contributed by atoms with van der Waals surface area (Å²) in [6.07, 6.45) is -0.743. The van der Waals surface area contributed by atoms with Gasteiger partial charge in [-0.25, -0.2) is 9.65 Å². The standard InChI is InChI=1S/C4H9N2O6P.Na/c5-3(7)1-2(4(8)9)6-13(10,11)12;/h2H,1H2,(H2,5,7)(H,8,9)(H3,6,10,11,12);/q;+1/p-1/t2-;/m0./s1. The summed E-state index contributed by atoms with van der Waals surface area (Å²) < 4.78 is 10.3. The van der Waals surface area contributed by atoms with Gasteiger partial charge < -0.3 is 25.4 Å². The number of amides is 1. The third-order valence-corrected chi connectivity index (χ3v) is 1.66. The van der Waals surface area contributed by atoms with Gasteiger partial charge in [-0.2, -0.15) is 0 Å². The molecule has 0 aromatic rings. The van der Waals surface area contributed by atoms with E-state index in [-0.39, 0.29) is 29.6 Å². The first-order valence-corrected chi connectivity index (χ1v) is 4.66. The second kappa shape index (κ2) is 6.52. The summed E-state index contributed by atoms with van der Waals surface area (Å²) in [6, 6.07) is -1.78. The van der Waals surface area contributed by atoms with Crippen LogP contribution in [0.2, 0.25) is 0 Å². The second-order valence-corrected chi connectivity index (χ2v) is 3.56. The molecule has 8 nitrogen and oxygen atoms in total. The molecule has 0 spiro atoms. The van der Waals surface area contributed by atoms with E-state index in [1.807, 2.05) is 0 Å². The number of hydrogen-bond acceptors (Lipinski definition) is 4. The van der Waals surface area contributed by atoms with Crippen LogP contribution in [0.25, 0.3) is 0 Å². The minimum absolute atomic E-state index is 0. The largest absolute Gasteiger partial charge is 1.00 e. The van der Waals surface area contributed by atoms with Crippen LogP contribution in [0.5, 0.6) is 0 Å². The number of nitrogens with one attached hydrogen (secondary N) is 1. The molecule has 0 aliphatic heterocycles. The molecule has 1 amide bonds. The Labute approximate surface area is 101 Å². The molecule has 0 fully saturated rings. The Morgan fingerprint density at radius 2 is 1.93 bits per heavy atom. The normalized spacial score (nSPS) is 12.7. The molecule has 0 bridgehead atoms. The van der Waals surface area contributed by atoms with Crippen LogP contribution in [0.15, 0.2) is 0 Å². The first-order chi connectivity index (χ1) is 5.72. The summed E-state index contributed by atoms with van der Waals surface area (Å²) in [5.41, 5.74) is 4.63. The van der Waals surface area contributed by atoms with Gasteiger partial charge in [-0.05, 0) is 0 Å². The number of carboxylic acids is 1. The van der Waals surface area contributed by atoms with Gasteiger partial charge in [-0.15, -0.1) is 0 Å². The van der Waals surface area contributed by atoms with Gasteiger partial charge in [-0.3, -0.25) is 4.79 Å². The molecule has 0 unspecified atom stereocenters. The molecular weight excluding hydrogens is 226 g/mol.